The zero-order valence-electron chi connectivity index (χ0n) is 33.2. The van der Waals surface area contributed by atoms with E-state index in [0.29, 0.717) is 63.6 Å². The van der Waals surface area contributed by atoms with Crippen molar-refractivity contribution in [3.05, 3.63) is 53.0 Å². The summed E-state index contributed by atoms with van der Waals surface area (Å²) >= 11 is 0. The molecule has 6 rings (SSSR count). The first-order valence-electron chi connectivity index (χ1n) is 19.4. The van der Waals surface area contributed by atoms with Crippen LogP contribution in [0.15, 0.2) is 30.3 Å². The number of pyridine rings is 1. The van der Waals surface area contributed by atoms with Crippen molar-refractivity contribution in [2.24, 2.45) is 0 Å². The summed E-state index contributed by atoms with van der Waals surface area (Å²) in [4.78, 5) is 59.1. The molecule has 54 heavy (non-hydrogen) atoms. The highest BCUT2D eigenvalue weighted by atomic mass is 19.1. The lowest BCUT2D eigenvalue weighted by Crippen LogP contribution is -2.65. The van der Waals surface area contributed by atoms with E-state index in [1.54, 1.807) is 21.9 Å². The minimum Gasteiger partial charge on any atom is -0.474 e. The van der Waals surface area contributed by atoms with Gasteiger partial charge in [-0.3, -0.25) is 19.4 Å². The van der Waals surface area contributed by atoms with E-state index in [-0.39, 0.29) is 78.7 Å². The smallest absolute Gasteiger partial charge is 0.410 e. The Morgan fingerprint density at radius 3 is 2.22 bits per heavy atom. The molecule has 0 radical (unpaired) electrons. The van der Waals surface area contributed by atoms with Crippen LogP contribution in [-0.2, 0) is 20.7 Å². The van der Waals surface area contributed by atoms with E-state index in [9.17, 15) is 18.8 Å². The minimum absolute atomic E-state index is 0.114. The number of ether oxygens (including phenoxy) is 3. The Balaban J connectivity index is 1.30. The maximum atomic E-state index is 14.7. The Kier molecular flexibility index (Phi) is 12.2. The fraction of sp³-hybridized carbons (Fsp3) is 0.650. The van der Waals surface area contributed by atoms with Gasteiger partial charge in [0, 0.05) is 70.0 Å². The van der Waals surface area contributed by atoms with E-state index in [1.165, 1.54) is 12.1 Å². The third-order valence-electron chi connectivity index (χ3n) is 11.0. The van der Waals surface area contributed by atoms with Gasteiger partial charge in [0.15, 0.2) is 0 Å². The number of carbonyl (C=O) groups excluding carboxylic acids is 3. The van der Waals surface area contributed by atoms with Crippen molar-refractivity contribution in [3.8, 4) is 5.88 Å². The van der Waals surface area contributed by atoms with Gasteiger partial charge in [0.2, 0.25) is 11.8 Å². The highest BCUT2D eigenvalue weighted by Crippen LogP contribution is 2.36. The van der Waals surface area contributed by atoms with Crippen LogP contribution in [0.5, 0.6) is 5.88 Å². The van der Waals surface area contributed by atoms with E-state index < -0.39 is 5.60 Å². The lowest BCUT2D eigenvalue weighted by atomic mass is 10.0. The number of likely N-dealkylation sites (N-methyl/N-ethyl adjacent to an activating group) is 1. The summed E-state index contributed by atoms with van der Waals surface area (Å²) in [6.07, 6.45) is -0.0278. The van der Waals surface area contributed by atoms with Gasteiger partial charge >= 0.3 is 6.09 Å². The molecule has 0 spiro atoms. The number of benzene rings is 1. The third kappa shape index (κ3) is 9.15. The maximum absolute atomic E-state index is 14.7. The lowest BCUT2D eigenvalue weighted by Gasteiger charge is -2.49. The number of rotatable bonds is 7. The van der Waals surface area contributed by atoms with E-state index in [0.717, 1.165) is 18.7 Å². The molecule has 5 atom stereocenters. The fourth-order valence-corrected chi connectivity index (χ4v) is 7.94. The van der Waals surface area contributed by atoms with Gasteiger partial charge in [-0.1, -0.05) is 12.1 Å². The number of piperazine rings is 2. The predicted octanol–water partition coefficient (Wildman–Crippen LogP) is 3.73. The summed E-state index contributed by atoms with van der Waals surface area (Å²) in [6.45, 7) is 19.6. The Hall–Kier alpha value is -3.85. The number of morpholine rings is 1. The van der Waals surface area contributed by atoms with E-state index >= 15 is 0 Å². The van der Waals surface area contributed by atoms with Crippen LogP contribution >= 0.6 is 0 Å². The molecule has 1 aromatic carbocycles. The van der Waals surface area contributed by atoms with E-state index in [1.807, 2.05) is 52.6 Å². The van der Waals surface area contributed by atoms with Crippen molar-refractivity contribution in [2.75, 3.05) is 84.1 Å². The Bertz CT molecular complexity index is 1650. The summed E-state index contributed by atoms with van der Waals surface area (Å²) in [5.74, 6) is -0.398. The van der Waals surface area contributed by atoms with Crippen LogP contribution < -0.4 is 9.64 Å². The number of nitrogens with zero attached hydrogens (tertiary/aromatic N) is 7. The Morgan fingerprint density at radius 2 is 1.57 bits per heavy atom. The number of anilines is 1. The van der Waals surface area contributed by atoms with Crippen LogP contribution in [0.25, 0.3) is 0 Å². The van der Waals surface area contributed by atoms with Gasteiger partial charge in [-0.2, -0.15) is 0 Å². The minimum atomic E-state index is -0.634. The standard InChI is InChI=1S/C40H58FN7O6/c1-26-19-45(33(20-46-27(2)23-52-24-28(46)3)21-47(26)39(51)54-40(5,6)7)22-35(49)48-29(4)25-53-37-34(48)18-31(17-30-9-11-32(41)12-10-30)36(42-37)38(50)44-15-13-43(8)14-16-44/h9-12,18,26-29,33H,13-17,19-25H2,1-8H3/t26-,27-,28-,29+,33+/m1/s1. The molecule has 3 amide bonds. The summed E-state index contributed by atoms with van der Waals surface area (Å²) < 4.78 is 31.6. The SMILES string of the molecule is C[C@@H]1CN(CC(=O)N2c3cc(Cc4ccc(F)cc4)c(C(=O)N4CCN(C)CC4)nc3OC[C@@H]2C)[C@@H](CN2[C@H](C)COC[C@H]2C)CN1C(=O)OC(C)(C)C. The number of carbonyl (C=O) groups is 3. The van der Waals surface area contributed by atoms with Gasteiger partial charge < -0.3 is 33.8 Å². The van der Waals surface area contributed by atoms with Crippen molar-refractivity contribution >= 4 is 23.6 Å². The molecule has 0 bridgehead atoms. The van der Waals surface area contributed by atoms with Crippen LogP contribution in [-0.4, -0.2) is 162 Å². The normalized spacial score (nSPS) is 25.9. The quantitative estimate of drug-likeness (QED) is 0.415. The van der Waals surface area contributed by atoms with Crippen molar-refractivity contribution in [1.82, 2.24) is 29.5 Å². The average molecular weight is 752 g/mol. The molecule has 3 fully saturated rings. The first-order valence-corrected chi connectivity index (χ1v) is 19.4. The number of fused-ring (bicyclic) bond motifs is 1. The molecule has 1 aromatic heterocycles. The van der Waals surface area contributed by atoms with Crippen molar-refractivity contribution in [2.45, 2.75) is 90.7 Å². The topological polar surface area (TPSA) is 111 Å². The lowest BCUT2D eigenvalue weighted by molar-refractivity contribution is -0.123. The molecule has 4 aliphatic heterocycles. The maximum Gasteiger partial charge on any atom is 0.410 e. The van der Waals surface area contributed by atoms with Crippen LogP contribution in [0.3, 0.4) is 0 Å². The van der Waals surface area contributed by atoms with Crippen LogP contribution in [0.1, 0.15) is 70.1 Å². The molecule has 4 aliphatic rings. The zero-order chi connectivity index (χ0) is 38.9. The second-order valence-corrected chi connectivity index (χ2v) is 16.6. The summed E-state index contributed by atoms with van der Waals surface area (Å²) in [5, 5.41) is 0. The van der Waals surface area contributed by atoms with Crippen molar-refractivity contribution in [3.63, 3.8) is 0 Å². The number of hydrogen-bond donors (Lipinski definition) is 0. The van der Waals surface area contributed by atoms with E-state index in [4.69, 9.17) is 19.2 Å². The molecule has 0 unspecified atom stereocenters. The van der Waals surface area contributed by atoms with E-state index in [2.05, 4.69) is 28.5 Å². The van der Waals surface area contributed by atoms with Crippen molar-refractivity contribution < 1.29 is 33.0 Å². The second kappa shape index (κ2) is 16.5. The molecule has 13 nitrogen and oxygen atoms in total. The van der Waals surface area contributed by atoms with Gasteiger partial charge in [0.25, 0.3) is 5.91 Å². The van der Waals surface area contributed by atoms with Crippen LogP contribution in [0.2, 0.25) is 0 Å². The molecular weight excluding hydrogens is 693 g/mol. The molecule has 5 heterocycles. The number of aromatic nitrogens is 1. The molecule has 2 aromatic rings. The number of hydrogen-bond acceptors (Lipinski definition) is 10. The first kappa shape index (κ1) is 39.8. The number of amides is 3. The highest BCUT2D eigenvalue weighted by molar-refractivity contribution is 5.99. The first-order chi connectivity index (χ1) is 25.6. The third-order valence-corrected chi connectivity index (χ3v) is 11.0. The predicted molar refractivity (Wildman–Crippen MR) is 203 cm³/mol. The number of halogens is 1. The zero-order valence-corrected chi connectivity index (χ0v) is 33.2. The Morgan fingerprint density at radius 1 is 0.907 bits per heavy atom. The summed E-state index contributed by atoms with van der Waals surface area (Å²) in [5.41, 5.74) is 1.63. The fourth-order valence-electron chi connectivity index (χ4n) is 7.94. The van der Waals surface area contributed by atoms with Gasteiger partial charge in [-0.05, 0) is 91.3 Å². The molecule has 3 saturated heterocycles. The summed E-state index contributed by atoms with van der Waals surface area (Å²) in [6, 6.07) is 7.80. The summed E-state index contributed by atoms with van der Waals surface area (Å²) in [7, 11) is 2.03. The molecule has 14 heteroatoms. The Labute approximate surface area is 319 Å². The monoisotopic (exact) mass is 751 g/mol. The van der Waals surface area contributed by atoms with Gasteiger partial charge in [0.1, 0.15) is 29.4 Å². The molecular formula is C40H58FN7O6. The molecule has 296 valence electrons. The van der Waals surface area contributed by atoms with Crippen LogP contribution in [0.4, 0.5) is 14.9 Å². The van der Waals surface area contributed by atoms with Crippen molar-refractivity contribution in [1.29, 1.82) is 0 Å². The second-order valence-electron chi connectivity index (χ2n) is 16.6. The molecule has 0 aliphatic carbocycles. The largest absolute Gasteiger partial charge is 0.474 e. The van der Waals surface area contributed by atoms with Gasteiger partial charge in [-0.25, -0.2) is 14.2 Å². The highest BCUT2D eigenvalue weighted by Gasteiger charge is 2.41. The average Bonchev–Trinajstić information content (AvgIpc) is 3.10. The van der Waals surface area contributed by atoms with Crippen LogP contribution in [0, 0.1) is 5.82 Å². The van der Waals surface area contributed by atoms with Gasteiger partial charge in [0.05, 0.1) is 25.8 Å². The van der Waals surface area contributed by atoms with Gasteiger partial charge in [-0.15, -0.1) is 0 Å². The molecule has 0 saturated carbocycles. The molecule has 0 N–H and O–H groups in total.